The molecule has 0 N–H and O–H groups in total. The fourth-order valence-electron chi connectivity index (χ4n) is 3.10. The van der Waals surface area contributed by atoms with Crippen molar-refractivity contribution in [3.8, 4) is 11.1 Å². The third kappa shape index (κ3) is 4.36. The molecule has 2 rings (SSSR count). The lowest BCUT2D eigenvalue weighted by atomic mass is 9.81. The van der Waals surface area contributed by atoms with E-state index in [4.69, 9.17) is 0 Å². The van der Waals surface area contributed by atoms with Crippen molar-refractivity contribution in [3.05, 3.63) is 58.4 Å². The summed E-state index contributed by atoms with van der Waals surface area (Å²) in [5.74, 6) is -1.55. The highest BCUT2D eigenvalue weighted by atomic mass is 19.4. The Labute approximate surface area is 169 Å². The number of aryl methyl sites for hydroxylation is 2. The van der Waals surface area contributed by atoms with Crippen molar-refractivity contribution in [3.63, 3.8) is 0 Å². The molecule has 0 bridgehead atoms. The molecule has 0 aliphatic heterocycles. The van der Waals surface area contributed by atoms with Crippen LogP contribution in [0.1, 0.15) is 36.1 Å². The van der Waals surface area contributed by atoms with E-state index in [1.165, 1.54) is 13.8 Å². The largest absolute Gasteiger partial charge is 0.435 e. The average molecular weight is 463 g/mol. The Hall–Kier alpha value is -2.33. The molecule has 11 heteroatoms. The predicted molar refractivity (Wildman–Crippen MR) is 89.3 cm³/mol. The molecule has 0 fully saturated rings. The summed E-state index contributed by atoms with van der Waals surface area (Å²) >= 11 is 0. The summed E-state index contributed by atoms with van der Waals surface area (Å²) in [6, 6.07) is 3.25. The van der Waals surface area contributed by atoms with Gasteiger partial charge in [0.1, 0.15) is 5.82 Å². The minimum atomic E-state index is -6.53. The van der Waals surface area contributed by atoms with E-state index in [1.54, 1.807) is 0 Å². The molecule has 0 aliphatic carbocycles. The number of halogens is 11. The number of benzene rings is 2. The summed E-state index contributed by atoms with van der Waals surface area (Å²) in [7, 11) is 0. The lowest BCUT2D eigenvalue weighted by Crippen LogP contribution is -2.50. The van der Waals surface area contributed by atoms with Gasteiger partial charge in [-0.25, -0.2) is 8.78 Å². The van der Waals surface area contributed by atoms with Gasteiger partial charge in [-0.15, -0.1) is 0 Å². The Morgan fingerprint density at radius 1 is 0.774 bits per heavy atom. The van der Waals surface area contributed by atoms with Crippen LogP contribution in [0.3, 0.4) is 0 Å². The smallest absolute Gasteiger partial charge is 0.218 e. The molecule has 0 aromatic heterocycles. The maximum atomic E-state index is 15.0. The maximum Gasteiger partial charge on any atom is 0.435 e. The summed E-state index contributed by atoms with van der Waals surface area (Å²) in [5, 5.41) is 0. The Morgan fingerprint density at radius 3 is 1.74 bits per heavy atom. The van der Waals surface area contributed by atoms with Gasteiger partial charge < -0.3 is 0 Å². The Morgan fingerprint density at radius 2 is 1.32 bits per heavy atom. The molecule has 2 aromatic carbocycles. The van der Waals surface area contributed by atoms with E-state index in [-0.39, 0.29) is 42.7 Å². The fourth-order valence-corrected chi connectivity index (χ4v) is 3.10. The van der Waals surface area contributed by atoms with Crippen LogP contribution in [0.15, 0.2) is 24.3 Å². The molecule has 171 valence electrons. The first-order chi connectivity index (χ1) is 14.0. The number of hydrogen-bond donors (Lipinski definition) is 0. The minimum Gasteiger partial charge on any atom is -0.218 e. The fraction of sp³-hybridized carbons (Fsp3) is 0.400. The van der Waals surface area contributed by atoms with Crippen LogP contribution in [0.25, 0.3) is 11.1 Å². The molecule has 0 heterocycles. The summed E-state index contributed by atoms with van der Waals surface area (Å²) in [5.41, 5.74) is -12.8. The lowest BCUT2D eigenvalue weighted by Gasteiger charge is -2.33. The van der Waals surface area contributed by atoms with E-state index in [0.29, 0.717) is 0 Å². The van der Waals surface area contributed by atoms with Gasteiger partial charge in [0.2, 0.25) is 0 Å². The standard InChI is InChI=1S/C20H14F11/c1-3-10-7-11(4-2)16(13-9-12(18(23,24)25)5-6-15(13)21)14(8-10)17(22,19(26,27)28)20(29,30)31/h5-6,8-9H,3-4H2,1-2H3. The predicted octanol–water partition coefficient (Wildman–Crippen LogP) is 7.73. The van der Waals surface area contributed by atoms with E-state index < -0.39 is 57.8 Å². The molecule has 0 saturated carbocycles. The Kier molecular flexibility index (Phi) is 6.42. The van der Waals surface area contributed by atoms with Crippen molar-refractivity contribution >= 4 is 0 Å². The van der Waals surface area contributed by atoms with Crippen molar-refractivity contribution in [2.24, 2.45) is 0 Å². The molecule has 0 atom stereocenters. The van der Waals surface area contributed by atoms with Crippen molar-refractivity contribution < 1.29 is 48.3 Å². The van der Waals surface area contributed by atoms with Crippen LogP contribution in [0.5, 0.6) is 0 Å². The average Bonchev–Trinajstić information content (AvgIpc) is 2.64. The molecule has 1 radical (unpaired) electrons. The Balaban J connectivity index is 3.09. The summed E-state index contributed by atoms with van der Waals surface area (Å²) in [4.78, 5) is 0. The highest BCUT2D eigenvalue weighted by molar-refractivity contribution is 5.74. The second-order valence-electron chi connectivity index (χ2n) is 6.62. The molecule has 0 nitrogen and oxygen atoms in total. The normalized spacial score (nSPS) is 13.6. The molecular formula is C20H14F11. The van der Waals surface area contributed by atoms with Gasteiger partial charge >= 0.3 is 24.2 Å². The SMILES string of the molecule is CCc1[c]c(CC)c(-c2cc(C(F)(F)F)ccc2F)c(C(F)(C(F)(F)F)C(F)(F)F)c1. The first kappa shape index (κ1) is 24.9. The van der Waals surface area contributed by atoms with E-state index in [0.717, 1.165) is 0 Å². The lowest BCUT2D eigenvalue weighted by molar-refractivity contribution is -0.348. The van der Waals surface area contributed by atoms with E-state index in [9.17, 15) is 48.3 Å². The second-order valence-corrected chi connectivity index (χ2v) is 6.62. The van der Waals surface area contributed by atoms with Gasteiger partial charge in [-0.2, -0.15) is 39.5 Å². The molecule has 2 aromatic rings. The van der Waals surface area contributed by atoms with Crippen LogP contribution in [0.4, 0.5) is 48.3 Å². The van der Waals surface area contributed by atoms with E-state index in [1.807, 2.05) is 0 Å². The maximum absolute atomic E-state index is 15.0. The van der Waals surface area contributed by atoms with E-state index >= 15 is 0 Å². The zero-order valence-corrected chi connectivity index (χ0v) is 15.9. The van der Waals surface area contributed by atoms with Gasteiger partial charge in [0.15, 0.2) is 0 Å². The molecule has 0 aliphatic rings. The zero-order chi connectivity index (χ0) is 24.0. The minimum absolute atomic E-state index is 0.0555. The topological polar surface area (TPSA) is 0 Å². The van der Waals surface area contributed by atoms with Gasteiger partial charge in [-0.1, -0.05) is 19.9 Å². The zero-order valence-electron chi connectivity index (χ0n) is 15.9. The molecule has 0 saturated heterocycles. The van der Waals surface area contributed by atoms with E-state index in [2.05, 4.69) is 6.07 Å². The first-order valence-corrected chi connectivity index (χ1v) is 8.77. The first-order valence-electron chi connectivity index (χ1n) is 8.77. The Bertz CT molecular complexity index is 935. The van der Waals surface area contributed by atoms with Crippen LogP contribution in [0.2, 0.25) is 0 Å². The van der Waals surface area contributed by atoms with Crippen LogP contribution in [-0.4, -0.2) is 12.4 Å². The highest BCUT2D eigenvalue weighted by Crippen LogP contribution is 2.56. The van der Waals surface area contributed by atoms with Gasteiger partial charge in [0.05, 0.1) is 5.56 Å². The summed E-state index contributed by atoms with van der Waals surface area (Å²) < 4.78 is 149. The van der Waals surface area contributed by atoms with Crippen molar-refractivity contribution in [2.45, 2.75) is 50.9 Å². The number of rotatable bonds is 4. The van der Waals surface area contributed by atoms with Gasteiger partial charge in [0, 0.05) is 11.1 Å². The third-order valence-electron chi connectivity index (χ3n) is 4.65. The van der Waals surface area contributed by atoms with Crippen molar-refractivity contribution in [1.29, 1.82) is 0 Å². The van der Waals surface area contributed by atoms with Gasteiger partial charge in [-0.05, 0) is 53.8 Å². The second kappa shape index (κ2) is 7.98. The van der Waals surface area contributed by atoms with Crippen LogP contribution < -0.4 is 0 Å². The highest BCUT2D eigenvalue weighted by Gasteiger charge is 2.74. The molecule has 0 spiro atoms. The van der Waals surface area contributed by atoms with Crippen molar-refractivity contribution in [2.75, 3.05) is 0 Å². The number of hydrogen-bond acceptors (Lipinski definition) is 0. The molecule has 0 unspecified atom stereocenters. The van der Waals surface area contributed by atoms with Crippen LogP contribution >= 0.6 is 0 Å². The third-order valence-corrected chi connectivity index (χ3v) is 4.65. The molecule has 0 amide bonds. The van der Waals surface area contributed by atoms with Gasteiger partial charge in [0.25, 0.3) is 0 Å². The van der Waals surface area contributed by atoms with Gasteiger partial charge in [-0.3, -0.25) is 0 Å². The van der Waals surface area contributed by atoms with Crippen LogP contribution in [0, 0.1) is 11.9 Å². The number of alkyl halides is 10. The molecular weight excluding hydrogens is 449 g/mol. The quantitative estimate of drug-likeness (QED) is 0.407. The molecule has 31 heavy (non-hydrogen) atoms. The monoisotopic (exact) mass is 463 g/mol. The van der Waals surface area contributed by atoms with Crippen LogP contribution in [-0.2, 0) is 24.7 Å². The summed E-state index contributed by atoms with van der Waals surface area (Å²) in [6.45, 7) is 2.60. The summed E-state index contributed by atoms with van der Waals surface area (Å²) in [6.07, 6.45) is -18.7. The van der Waals surface area contributed by atoms with Crippen molar-refractivity contribution in [1.82, 2.24) is 0 Å².